The fourth-order valence-electron chi connectivity index (χ4n) is 5.10. The minimum absolute atomic E-state index is 0.182. The molecule has 0 saturated carbocycles. The topological polar surface area (TPSA) is 84.6 Å². The quantitative estimate of drug-likeness (QED) is 0.193. The van der Waals surface area contributed by atoms with E-state index in [9.17, 15) is 18.0 Å². The first-order valence-corrected chi connectivity index (χ1v) is 15.8. The van der Waals surface area contributed by atoms with Crippen LogP contribution in [0.15, 0.2) is 78.0 Å². The first-order valence-electron chi connectivity index (χ1n) is 14.8. The maximum absolute atomic E-state index is 12.8. The van der Waals surface area contributed by atoms with Crippen LogP contribution in [-0.4, -0.2) is 51.2 Å². The van der Waals surface area contributed by atoms with Crippen LogP contribution in [-0.2, 0) is 12.8 Å². The number of anilines is 1. The van der Waals surface area contributed by atoms with Crippen LogP contribution in [0.3, 0.4) is 0 Å². The molecule has 0 radical (unpaired) electrons. The number of alkyl halides is 3. The molecule has 1 aliphatic rings. The molecule has 2 heterocycles. The predicted molar refractivity (Wildman–Crippen MR) is 172 cm³/mol. The lowest BCUT2D eigenvalue weighted by Gasteiger charge is -2.22. The third-order valence-electron chi connectivity index (χ3n) is 7.25. The average molecular weight is 637 g/mol. The molecule has 1 unspecified atom stereocenters. The van der Waals surface area contributed by atoms with Crippen molar-refractivity contribution >= 4 is 28.6 Å². The number of rotatable bonds is 10. The van der Waals surface area contributed by atoms with E-state index in [1.807, 2.05) is 24.3 Å². The van der Waals surface area contributed by atoms with Crippen LogP contribution in [0, 0.1) is 12.8 Å². The SMILES string of the molecule is CCCc1ccc(C)cc1N1CCSC1=NC(=O)NCC(C)Cc1ccc(-c2ncn(-c3ccc(OC(F)(F)F)cc3)n2)cc1. The summed E-state index contributed by atoms with van der Waals surface area (Å²) in [6.07, 6.45) is -0.444. The van der Waals surface area contributed by atoms with Crippen LogP contribution in [0.25, 0.3) is 17.1 Å². The van der Waals surface area contributed by atoms with Crippen molar-refractivity contribution in [2.45, 2.75) is 46.4 Å². The molecule has 0 spiro atoms. The van der Waals surface area contributed by atoms with Gasteiger partial charge in [0, 0.05) is 30.1 Å². The zero-order valence-electron chi connectivity index (χ0n) is 25.3. The Labute approximate surface area is 264 Å². The molecular formula is C33H35F3N6O2S. The number of amidine groups is 1. The predicted octanol–water partition coefficient (Wildman–Crippen LogP) is 7.59. The lowest BCUT2D eigenvalue weighted by atomic mass is 10.00. The van der Waals surface area contributed by atoms with Crippen LogP contribution in [0.4, 0.5) is 23.7 Å². The van der Waals surface area contributed by atoms with Gasteiger partial charge >= 0.3 is 12.4 Å². The van der Waals surface area contributed by atoms with Crippen molar-refractivity contribution in [3.8, 4) is 22.8 Å². The number of hydrogen-bond acceptors (Lipinski definition) is 5. The van der Waals surface area contributed by atoms with Crippen LogP contribution < -0.4 is 15.0 Å². The van der Waals surface area contributed by atoms with Gasteiger partial charge in [-0.25, -0.2) is 14.5 Å². The lowest BCUT2D eigenvalue weighted by molar-refractivity contribution is -0.274. The molecule has 45 heavy (non-hydrogen) atoms. The molecule has 0 bridgehead atoms. The monoisotopic (exact) mass is 636 g/mol. The molecule has 2 amide bonds. The Morgan fingerprint density at radius 3 is 2.58 bits per heavy atom. The van der Waals surface area contributed by atoms with E-state index in [1.165, 1.54) is 46.4 Å². The van der Waals surface area contributed by atoms with Gasteiger partial charge in [0.1, 0.15) is 12.1 Å². The van der Waals surface area contributed by atoms with Gasteiger partial charge in [-0.3, -0.25) is 0 Å². The number of thioether (sulfide) groups is 1. The molecule has 8 nitrogen and oxygen atoms in total. The molecule has 1 N–H and O–H groups in total. The van der Waals surface area contributed by atoms with Crippen molar-refractivity contribution in [3.63, 3.8) is 0 Å². The van der Waals surface area contributed by atoms with Gasteiger partial charge in [0.25, 0.3) is 0 Å². The van der Waals surface area contributed by atoms with E-state index in [0.29, 0.717) is 18.1 Å². The van der Waals surface area contributed by atoms with Crippen molar-refractivity contribution in [1.29, 1.82) is 0 Å². The number of aromatic nitrogens is 3. The number of urea groups is 1. The fourth-order valence-corrected chi connectivity index (χ4v) is 6.05. The third-order valence-corrected chi connectivity index (χ3v) is 8.21. The second-order valence-electron chi connectivity index (χ2n) is 11.0. The Kier molecular flexibility index (Phi) is 10.1. The number of aryl methyl sites for hydroxylation is 2. The molecule has 4 aromatic rings. The first-order chi connectivity index (χ1) is 21.6. The summed E-state index contributed by atoms with van der Waals surface area (Å²) < 4.78 is 42.7. The molecule has 1 aromatic heterocycles. The number of nitrogens with zero attached hydrogens (tertiary/aromatic N) is 5. The van der Waals surface area contributed by atoms with E-state index < -0.39 is 6.36 Å². The Hall–Kier alpha value is -4.32. The summed E-state index contributed by atoms with van der Waals surface area (Å²) in [6, 6.07) is 19.4. The van der Waals surface area contributed by atoms with Gasteiger partial charge in [-0.05, 0) is 72.7 Å². The van der Waals surface area contributed by atoms with Crippen LogP contribution in [0.2, 0.25) is 0 Å². The Morgan fingerprint density at radius 1 is 1.11 bits per heavy atom. The number of amides is 2. The van der Waals surface area contributed by atoms with Crippen molar-refractivity contribution in [1.82, 2.24) is 20.1 Å². The van der Waals surface area contributed by atoms with E-state index in [4.69, 9.17) is 0 Å². The Morgan fingerprint density at radius 2 is 1.87 bits per heavy atom. The highest BCUT2D eigenvalue weighted by atomic mass is 32.2. The summed E-state index contributed by atoms with van der Waals surface area (Å²) in [5.74, 6) is 1.26. The molecule has 1 aliphatic heterocycles. The van der Waals surface area contributed by atoms with E-state index >= 15 is 0 Å². The van der Waals surface area contributed by atoms with Crippen LogP contribution >= 0.6 is 11.8 Å². The molecule has 3 aromatic carbocycles. The normalized spacial score (nSPS) is 15.0. The van der Waals surface area contributed by atoms with Crippen molar-refractivity contribution < 1.29 is 22.7 Å². The van der Waals surface area contributed by atoms with Gasteiger partial charge in [-0.15, -0.1) is 18.3 Å². The third kappa shape index (κ3) is 8.65. The Balaban J connectivity index is 1.14. The van der Waals surface area contributed by atoms with E-state index in [2.05, 4.69) is 69.0 Å². The standard InChI is InChI=1S/C33H35F3N6O2S/c1-4-5-25-9-6-22(2)19-29(25)41-16-17-45-32(41)39-31(43)37-20-23(3)18-24-7-10-26(11-8-24)30-38-21-42(40-30)27-12-14-28(15-13-27)44-33(34,35)36/h6-15,19,21,23H,4-5,16-18,20H2,1-3H3,(H,37,43). The van der Waals surface area contributed by atoms with Gasteiger partial charge in [0.2, 0.25) is 0 Å². The zero-order valence-corrected chi connectivity index (χ0v) is 26.2. The Bertz CT molecular complexity index is 1640. The molecular weight excluding hydrogens is 601 g/mol. The van der Waals surface area contributed by atoms with Gasteiger partial charge in [-0.1, -0.05) is 68.4 Å². The summed E-state index contributed by atoms with van der Waals surface area (Å²) in [5, 5.41) is 8.16. The first kappa shape index (κ1) is 32.1. The number of nitrogens with one attached hydrogen (secondary N) is 1. The second-order valence-corrected chi connectivity index (χ2v) is 12.1. The second kappa shape index (κ2) is 14.2. The number of ether oxygens (including phenoxy) is 1. The fraction of sp³-hybridized carbons (Fsp3) is 0.333. The summed E-state index contributed by atoms with van der Waals surface area (Å²) in [5.41, 5.74) is 6.06. The average Bonchev–Trinajstić information content (AvgIpc) is 3.68. The summed E-state index contributed by atoms with van der Waals surface area (Å²) in [6.45, 7) is 7.65. The van der Waals surface area contributed by atoms with E-state index in [-0.39, 0.29) is 17.7 Å². The molecule has 0 aliphatic carbocycles. The maximum Gasteiger partial charge on any atom is 0.573 e. The molecule has 236 valence electrons. The van der Waals surface area contributed by atoms with E-state index in [0.717, 1.165) is 53.5 Å². The van der Waals surface area contributed by atoms with Crippen molar-refractivity contribution in [2.24, 2.45) is 10.9 Å². The molecule has 1 saturated heterocycles. The van der Waals surface area contributed by atoms with Gasteiger partial charge < -0.3 is 15.0 Å². The number of halogens is 3. The number of aliphatic imine (C=N–C) groups is 1. The molecule has 5 rings (SSSR count). The summed E-state index contributed by atoms with van der Waals surface area (Å²) in [7, 11) is 0. The number of carbonyl (C=O) groups is 1. The van der Waals surface area contributed by atoms with Gasteiger partial charge in [0.15, 0.2) is 11.0 Å². The molecule has 1 atom stereocenters. The summed E-state index contributed by atoms with van der Waals surface area (Å²) in [4.78, 5) is 23.7. The smallest absolute Gasteiger partial charge is 0.406 e. The van der Waals surface area contributed by atoms with Crippen molar-refractivity contribution in [2.75, 3.05) is 23.7 Å². The van der Waals surface area contributed by atoms with Crippen molar-refractivity contribution in [3.05, 3.63) is 89.7 Å². The summed E-state index contributed by atoms with van der Waals surface area (Å²) >= 11 is 1.61. The highest BCUT2D eigenvalue weighted by Gasteiger charge is 2.31. The zero-order chi connectivity index (χ0) is 32.0. The number of hydrogen-bond donors (Lipinski definition) is 1. The van der Waals surface area contributed by atoms with Crippen LogP contribution in [0.5, 0.6) is 5.75 Å². The highest BCUT2D eigenvalue weighted by molar-refractivity contribution is 8.14. The minimum atomic E-state index is -4.74. The number of benzene rings is 3. The van der Waals surface area contributed by atoms with E-state index in [1.54, 1.807) is 11.8 Å². The minimum Gasteiger partial charge on any atom is -0.406 e. The molecule has 1 fully saturated rings. The molecule has 12 heteroatoms. The number of carbonyl (C=O) groups excluding carboxylic acids is 1. The van der Waals surface area contributed by atoms with Gasteiger partial charge in [-0.2, -0.15) is 4.99 Å². The largest absolute Gasteiger partial charge is 0.573 e. The highest BCUT2D eigenvalue weighted by Crippen LogP contribution is 2.31. The maximum atomic E-state index is 12.8. The van der Waals surface area contributed by atoms with Gasteiger partial charge in [0.05, 0.1) is 5.69 Å². The van der Waals surface area contributed by atoms with Crippen LogP contribution in [0.1, 0.15) is 37.0 Å². The lowest BCUT2D eigenvalue weighted by Crippen LogP contribution is -2.30.